The Bertz CT molecular complexity index is 851. The molecule has 2 aromatic carbocycles. The van der Waals surface area contributed by atoms with E-state index in [4.69, 9.17) is 9.84 Å². The maximum absolute atomic E-state index is 12.3. The number of carboxylic acid groups (broad SMARTS) is 1. The van der Waals surface area contributed by atoms with E-state index in [1.54, 1.807) is 11.0 Å². The van der Waals surface area contributed by atoms with Crippen LogP contribution in [0.25, 0.3) is 10.8 Å². The van der Waals surface area contributed by atoms with Crippen molar-refractivity contribution in [3.05, 3.63) is 48.0 Å². The molecule has 2 aromatic rings. The van der Waals surface area contributed by atoms with Gasteiger partial charge in [0.25, 0.3) is 5.91 Å². The average molecular weight is 370 g/mol. The van der Waals surface area contributed by atoms with E-state index in [9.17, 15) is 14.4 Å². The van der Waals surface area contributed by atoms with Gasteiger partial charge in [0.05, 0.1) is 19.1 Å². The van der Waals surface area contributed by atoms with Crippen molar-refractivity contribution >= 4 is 28.6 Å². The van der Waals surface area contributed by atoms with Gasteiger partial charge in [-0.25, -0.2) is 0 Å². The Hall–Kier alpha value is -2.93. The van der Waals surface area contributed by atoms with Gasteiger partial charge in [-0.2, -0.15) is 0 Å². The fraction of sp³-hybridized carbons (Fsp3) is 0.350. The van der Waals surface area contributed by atoms with Crippen molar-refractivity contribution < 1.29 is 24.2 Å². The first-order valence-corrected chi connectivity index (χ1v) is 8.91. The zero-order valence-electron chi connectivity index (χ0n) is 14.9. The number of ether oxygens (including phenoxy) is 1. The van der Waals surface area contributed by atoms with Crippen LogP contribution in [0, 0.1) is 0 Å². The maximum Gasteiger partial charge on any atom is 0.306 e. The van der Waals surface area contributed by atoms with Gasteiger partial charge in [-0.15, -0.1) is 0 Å². The van der Waals surface area contributed by atoms with Crippen molar-refractivity contribution in [2.75, 3.05) is 26.2 Å². The van der Waals surface area contributed by atoms with Crippen molar-refractivity contribution in [2.24, 2.45) is 0 Å². The topological polar surface area (TPSA) is 95.9 Å². The minimum Gasteiger partial charge on any atom is -0.481 e. The van der Waals surface area contributed by atoms with Crippen molar-refractivity contribution in [3.8, 4) is 0 Å². The zero-order valence-corrected chi connectivity index (χ0v) is 14.9. The smallest absolute Gasteiger partial charge is 0.306 e. The molecule has 0 radical (unpaired) electrons. The molecule has 7 heteroatoms. The molecule has 0 aromatic heterocycles. The van der Waals surface area contributed by atoms with Crippen molar-refractivity contribution in [1.82, 2.24) is 10.2 Å². The molecule has 3 rings (SSSR count). The molecule has 1 aliphatic heterocycles. The number of carboxylic acids is 1. The highest BCUT2D eigenvalue weighted by atomic mass is 16.5. The lowest BCUT2D eigenvalue weighted by molar-refractivity contribution is -0.147. The summed E-state index contributed by atoms with van der Waals surface area (Å²) in [4.78, 5) is 37.0. The monoisotopic (exact) mass is 370 g/mol. The van der Waals surface area contributed by atoms with Crippen LogP contribution in [-0.4, -0.2) is 60.1 Å². The number of carbonyl (C=O) groups is 3. The fourth-order valence-corrected chi connectivity index (χ4v) is 3.14. The van der Waals surface area contributed by atoms with Crippen LogP contribution in [0.2, 0.25) is 0 Å². The van der Waals surface area contributed by atoms with Crippen LogP contribution in [0.1, 0.15) is 23.2 Å². The van der Waals surface area contributed by atoms with Gasteiger partial charge in [0.2, 0.25) is 5.91 Å². The number of rotatable bonds is 6. The fourth-order valence-electron chi connectivity index (χ4n) is 3.14. The average Bonchev–Trinajstić information content (AvgIpc) is 2.67. The van der Waals surface area contributed by atoms with E-state index < -0.39 is 12.1 Å². The third-order valence-electron chi connectivity index (χ3n) is 4.53. The first-order valence-electron chi connectivity index (χ1n) is 8.91. The molecule has 0 bridgehead atoms. The molecule has 0 aliphatic carbocycles. The number of carbonyl (C=O) groups excluding carboxylic acids is 2. The van der Waals surface area contributed by atoms with Crippen LogP contribution in [0.5, 0.6) is 0 Å². The summed E-state index contributed by atoms with van der Waals surface area (Å²) < 4.78 is 5.36. The van der Waals surface area contributed by atoms with E-state index in [1.807, 2.05) is 36.4 Å². The number of morpholine rings is 1. The van der Waals surface area contributed by atoms with Gasteiger partial charge in [0, 0.05) is 31.6 Å². The number of fused-ring (bicyclic) bond motifs is 1. The molecule has 1 aliphatic rings. The molecule has 2 N–H and O–H groups in total. The second kappa shape index (κ2) is 8.64. The predicted octanol–water partition coefficient (Wildman–Crippen LogP) is 1.66. The summed E-state index contributed by atoms with van der Waals surface area (Å²) in [6.45, 7) is 1.26. The van der Waals surface area contributed by atoms with E-state index in [2.05, 4.69) is 5.32 Å². The van der Waals surface area contributed by atoms with Crippen molar-refractivity contribution in [3.63, 3.8) is 0 Å². The highest BCUT2D eigenvalue weighted by Crippen LogP contribution is 2.15. The lowest BCUT2D eigenvalue weighted by Crippen LogP contribution is -2.47. The molecule has 1 atom stereocenters. The highest BCUT2D eigenvalue weighted by Gasteiger charge is 2.25. The standard InChI is InChI=1S/C20H22N2O5/c23-18(22-9-10-27-17(13-22)12-19(24)25)7-8-21-20(26)16-6-5-14-3-1-2-4-15(14)11-16/h1-6,11,17H,7-10,12-13H2,(H,21,26)(H,24,25). The van der Waals surface area contributed by atoms with Gasteiger partial charge < -0.3 is 20.1 Å². The number of hydrogen-bond donors (Lipinski definition) is 2. The van der Waals surface area contributed by atoms with E-state index in [1.165, 1.54) is 0 Å². The normalized spacial score (nSPS) is 16.9. The second-order valence-electron chi connectivity index (χ2n) is 6.50. The number of benzene rings is 2. The Kier molecular flexibility index (Phi) is 6.03. The number of hydrogen-bond acceptors (Lipinski definition) is 4. The molecule has 0 spiro atoms. The van der Waals surface area contributed by atoms with Gasteiger partial charge in [-0.3, -0.25) is 14.4 Å². The highest BCUT2D eigenvalue weighted by molar-refractivity contribution is 5.98. The Morgan fingerprint density at radius 3 is 2.70 bits per heavy atom. The lowest BCUT2D eigenvalue weighted by Gasteiger charge is -2.32. The van der Waals surface area contributed by atoms with E-state index in [0.717, 1.165) is 10.8 Å². The molecule has 1 saturated heterocycles. The van der Waals surface area contributed by atoms with Crippen LogP contribution in [0.15, 0.2) is 42.5 Å². The molecule has 0 saturated carbocycles. The Balaban J connectivity index is 1.48. The van der Waals surface area contributed by atoms with Gasteiger partial charge in [0.1, 0.15) is 0 Å². The number of nitrogens with one attached hydrogen (secondary N) is 1. The molecule has 27 heavy (non-hydrogen) atoms. The quantitative estimate of drug-likeness (QED) is 0.806. The molecule has 1 unspecified atom stereocenters. The third-order valence-corrected chi connectivity index (χ3v) is 4.53. The zero-order chi connectivity index (χ0) is 19.2. The van der Waals surface area contributed by atoms with E-state index in [0.29, 0.717) is 18.7 Å². The van der Waals surface area contributed by atoms with Crippen LogP contribution in [0.3, 0.4) is 0 Å². The van der Waals surface area contributed by atoms with E-state index >= 15 is 0 Å². The minimum absolute atomic E-state index is 0.118. The third kappa shape index (κ3) is 5.04. The summed E-state index contributed by atoms with van der Waals surface area (Å²) in [6, 6.07) is 13.3. The second-order valence-corrected chi connectivity index (χ2v) is 6.50. The van der Waals surface area contributed by atoms with Gasteiger partial charge >= 0.3 is 5.97 Å². The number of aliphatic carboxylic acids is 1. The number of nitrogens with zero attached hydrogens (tertiary/aromatic N) is 1. The van der Waals surface area contributed by atoms with Crippen LogP contribution >= 0.6 is 0 Å². The largest absolute Gasteiger partial charge is 0.481 e. The van der Waals surface area contributed by atoms with E-state index in [-0.39, 0.29) is 37.7 Å². The van der Waals surface area contributed by atoms with Crippen molar-refractivity contribution in [2.45, 2.75) is 18.9 Å². The molecular weight excluding hydrogens is 348 g/mol. The van der Waals surface area contributed by atoms with Crippen LogP contribution in [0.4, 0.5) is 0 Å². The van der Waals surface area contributed by atoms with Gasteiger partial charge in [-0.1, -0.05) is 30.3 Å². The Morgan fingerprint density at radius 1 is 1.15 bits per heavy atom. The molecule has 142 valence electrons. The summed E-state index contributed by atoms with van der Waals surface area (Å²) >= 11 is 0. The SMILES string of the molecule is O=C(O)CC1CN(C(=O)CCNC(=O)c2ccc3ccccc3c2)CCO1. The predicted molar refractivity (Wildman–Crippen MR) is 99.5 cm³/mol. The minimum atomic E-state index is -0.947. The van der Waals surface area contributed by atoms with Gasteiger partial charge in [-0.05, 0) is 22.9 Å². The molecule has 7 nitrogen and oxygen atoms in total. The Morgan fingerprint density at radius 2 is 1.93 bits per heavy atom. The molecule has 1 heterocycles. The van der Waals surface area contributed by atoms with Crippen LogP contribution in [-0.2, 0) is 14.3 Å². The summed E-state index contributed by atoms with van der Waals surface area (Å²) in [6.07, 6.45) is -0.436. The van der Waals surface area contributed by atoms with Crippen LogP contribution < -0.4 is 5.32 Å². The summed E-state index contributed by atoms with van der Waals surface area (Å²) in [5.41, 5.74) is 0.550. The number of amides is 2. The first-order chi connectivity index (χ1) is 13.0. The summed E-state index contributed by atoms with van der Waals surface area (Å²) in [7, 11) is 0. The van der Waals surface area contributed by atoms with Crippen molar-refractivity contribution in [1.29, 1.82) is 0 Å². The Labute approximate surface area is 156 Å². The molecule has 2 amide bonds. The summed E-state index contributed by atoms with van der Waals surface area (Å²) in [5, 5.41) is 13.6. The first kappa shape index (κ1) is 18.8. The maximum atomic E-state index is 12.3. The summed E-state index contributed by atoms with van der Waals surface area (Å²) in [5.74, 6) is -1.29. The molecular formula is C20H22N2O5. The van der Waals surface area contributed by atoms with Gasteiger partial charge in [0.15, 0.2) is 0 Å². The molecule has 1 fully saturated rings. The lowest BCUT2D eigenvalue weighted by atomic mass is 10.1.